The number of amides is 1. The third kappa shape index (κ3) is 4.16. The van der Waals surface area contributed by atoms with Crippen molar-refractivity contribution in [1.29, 1.82) is 0 Å². The molecule has 178 valence electrons. The summed E-state index contributed by atoms with van der Waals surface area (Å²) in [7, 11) is 0. The topological polar surface area (TPSA) is 48.0 Å². The van der Waals surface area contributed by atoms with Gasteiger partial charge in [-0.1, -0.05) is 60.2 Å². The molecule has 0 aromatic heterocycles. The molecule has 2 aromatic rings. The summed E-state index contributed by atoms with van der Waals surface area (Å²) in [6, 6.07) is 17.4. The Morgan fingerprint density at radius 3 is 2.35 bits per heavy atom. The summed E-state index contributed by atoms with van der Waals surface area (Å²) in [5.74, 6) is 0.0996. The van der Waals surface area contributed by atoms with E-state index in [0.717, 1.165) is 51.7 Å². The lowest BCUT2D eigenvalue weighted by molar-refractivity contribution is -0.180. The molecule has 4 aliphatic rings. The Hall–Kier alpha value is -2.63. The van der Waals surface area contributed by atoms with Gasteiger partial charge in [0.2, 0.25) is 0 Å². The molecule has 2 atom stereocenters. The van der Waals surface area contributed by atoms with Crippen LogP contribution < -0.4 is 0 Å². The number of carbonyl (C=O) groups is 1. The number of piperidine rings is 1. The van der Waals surface area contributed by atoms with Gasteiger partial charge in [0.1, 0.15) is 6.61 Å². The first-order valence-electron chi connectivity index (χ1n) is 12.8. The fourth-order valence-corrected chi connectivity index (χ4v) is 6.26. The van der Waals surface area contributed by atoms with Crippen LogP contribution in [0.3, 0.4) is 0 Å². The van der Waals surface area contributed by atoms with Gasteiger partial charge < -0.3 is 14.2 Å². The van der Waals surface area contributed by atoms with Crippen LogP contribution in [0.15, 0.2) is 60.2 Å². The van der Waals surface area contributed by atoms with Gasteiger partial charge >= 0.3 is 6.09 Å². The van der Waals surface area contributed by atoms with Crippen molar-refractivity contribution in [3.05, 3.63) is 71.3 Å². The predicted molar refractivity (Wildman–Crippen MR) is 131 cm³/mol. The van der Waals surface area contributed by atoms with Crippen LogP contribution in [-0.2, 0) is 14.2 Å². The lowest BCUT2D eigenvalue weighted by Crippen LogP contribution is -2.52. The molecule has 6 rings (SSSR count). The first kappa shape index (κ1) is 21.9. The fraction of sp³-hybridized carbons (Fsp3) is 0.483. The molecule has 2 aromatic carbocycles. The van der Waals surface area contributed by atoms with E-state index in [1.54, 1.807) is 0 Å². The van der Waals surface area contributed by atoms with Crippen molar-refractivity contribution in [2.24, 2.45) is 0 Å². The highest BCUT2D eigenvalue weighted by atomic mass is 16.7. The maximum atomic E-state index is 13.3. The first-order valence-corrected chi connectivity index (χ1v) is 12.8. The summed E-state index contributed by atoms with van der Waals surface area (Å²) < 4.78 is 17.5. The molecule has 3 aliphatic heterocycles. The third-order valence-corrected chi connectivity index (χ3v) is 7.86. The number of carbonyl (C=O) groups excluding carboxylic acids is 1. The third-order valence-electron chi connectivity index (χ3n) is 7.86. The van der Waals surface area contributed by atoms with Crippen LogP contribution in [0.25, 0.3) is 11.1 Å². The molecule has 2 saturated heterocycles. The summed E-state index contributed by atoms with van der Waals surface area (Å²) in [5, 5.41) is 0. The van der Waals surface area contributed by atoms with Crippen molar-refractivity contribution in [2.75, 3.05) is 19.8 Å². The van der Waals surface area contributed by atoms with Gasteiger partial charge in [0.15, 0.2) is 6.29 Å². The molecular formula is C29H33NO4. The largest absolute Gasteiger partial charge is 0.448 e. The number of nitrogens with zero attached hydrogens (tertiary/aromatic N) is 1. The van der Waals surface area contributed by atoms with Crippen molar-refractivity contribution >= 4 is 6.09 Å². The SMILES string of the molecule is O=C(OCC1c2ccccc2-c2ccccc21)N1C2C=C(CCC3OCCCO3)CC1CCC2. The number of benzene rings is 2. The van der Waals surface area contributed by atoms with Crippen LogP contribution in [0.4, 0.5) is 4.79 Å². The molecule has 1 aliphatic carbocycles. The molecule has 0 spiro atoms. The fourth-order valence-electron chi connectivity index (χ4n) is 6.26. The quantitative estimate of drug-likeness (QED) is 0.512. The molecule has 2 bridgehead atoms. The Kier molecular flexibility index (Phi) is 6.15. The lowest BCUT2D eigenvalue weighted by Gasteiger charge is -2.44. The maximum Gasteiger partial charge on any atom is 0.410 e. The minimum absolute atomic E-state index is 0.0744. The van der Waals surface area contributed by atoms with Crippen LogP contribution in [-0.4, -0.2) is 49.2 Å². The van der Waals surface area contributed by atoms with Gasteiger partial charge in [0, 0.05) is 18.4 Å². The van der Waals surface area contributed by atoms with E-state index < -0.39 is 0 Å². The monoisotopic (exact) mass is 459 g/mol. The Morgan fingerprint density at radius 1 is 0.941 bits per heavy atom. The Balaban J connectivity index is 1.12. The second-order valence-electron chi connectivity index (χ2n) is 9.96. The second-order valence-corrected chi connectivity index (χ2v) is 9.96. The Morgan fingerprint density at radius 2 is 1.65 bits per heavy atom. The van der Waals surface area contributed by atoms with Gasteiger partial charge in [0.05, 0.1) is 19.3 Å². The zero-order valence-electron chi connectivity index (χ0n) is 19.7. The number of hydrogen-bond acceptors (Lipinski definition) is 4. The van der Waals surface area contributed by atoms with E-state index in [2.05, 4.69) is 54.6 Å². The van der Waals surface area contributed by atoms with Crippen LogP contribution in [0.2, 0.25) is 0 Å². The van der Waals surface area contributed by atoms with Gasteiger partial charge in [-0.2, -0.15) is 0 Å². The zero-order chi connectivity index (χ0) is 22.9. The first-order chi connectivity index (χ1) is 16.8. The molecule has 2 fully saturated rings. The maximum absolute atomic E-state index is 13.3. The highest BCUT2D eigenvalue weighted by Gasteiger charge is 2.39. The summed E-state index contributed by atoms with van der Waals surface area (Å²) in [6.07, 6.45) is 9.12. The number of hydrogen-bond donors (Lipinski definition) is 0. The number of ether oxygens (including phenoxy) is 3. The van der Waals surface area contributed by atoms with Crippen molar-refractivity contribution in [3.8, 4) is 11.1 Å². The van der Waals surface area contributed by atoms with E-state index in [4.69, 9.17) is 14.2 Å². The molecule has 0 saturated carbocycles. The van der Waals surface area contributed by atoms with Gasteiger partial charge in [-0.25, -0.2) is 4.79 Å². The Labute approximate surface area is 201 Å². The minimum Gasteiger partial charge on any atom is -0.448 e. The number of rotatable bonds is 5. The average molecular weight is 460 g/mol. The van der Waals surface area contributed by atoms with Crippen molar-refractivity contribution in [2.45, 2.75) is 69.2 Å². The molecule has 5 nitrogen and oxygen atoms in total. The van der Waals surface area contributed by atoms with Gasteiger partial charge in [-0.15, -0.1) is 0 Å². The highest BCUT2D eigenvalue weighted by Crippen LogP contribution is 2.45. The van der Waals surface area contributed by atoms with Crippen molar-refractivity contribution < 1.29 is 19.0 Å². The summed E-state index contributed by atoms with van der Waals surface area (Å²) >= 11 is 0. The van der Waals surface area contributed by atoms with Gasteiger partial charge in [-0.3, -0.25) is 4.90 Å². The smallest absolute Gasteiger partial charge is 0.410 e. The molecule has 0 N–H and O–H groups in total. The lowest BCUT2D eigenvalue weighted by atomic mass is 9.84. The van der Waals surface area contributed by atoms with Crippen LogP contribution >= 0.6 is 0 Å². The van der Waals surface area contributed by atoms with Crippen LogP contribution in [0, 0.1) is 0 Å². The molecule has 2 unspecified atom stereocenters. The van der Waals surface area contributed by atoms with E-state index in [0.29, 0.717) is 6.61 Å². The molecular weight excluding hydrogens is 426 g/mol. The van der Waals surface area contributed by atoms with Gasteiger partial charge in [-0.05, 0) is 60.8 Å². The molecule has 3 heterocycles. The van der Waals surface area contributed by atoms with E-state index >= 15 is 0 Å². The van der Waals surface area contributed by atoms with Crippen LogP contribution in [0.5, 0.6) is 0 Å². The normalized spacial score (nSPS) is 24.4. The summed E-state index contributed by atoms with van der Waals surface area (Å²) in [5.41, 5.74) is 6.46. The van der Waals surface area contributed by atoms with E-state index in [-0.39, 0.29) is 30.4 Å². The summed E-state index contributed by atoms with van der Waals surface area (Å²) in [4.78, 5) is 15.4. The average Bonchev–Trinajstić information content (AvgIpc) is 3.20. The molecule has 1 amide bonds. The molecule has 5 heteroatoms. The zero-order valence-corrected chi connectivity index (χ0v) is 19.7. The standard InChI is InChI=1S/C29H33NO4/c31-29(34-19-27-25-11-3-1-9-23(25)24-10-2-4-12-26(24)27)30-21-7-5-8-22(30)18-20(17-21)13-14-28-32-15-6-16-33-28/h1-4,9-12,17,21-22,27-28H,5-8,13-16,18-19H2. The van der Waals surface area contributed by atoms with Crippen LogP contribution in [0.1, 0.15) is 62.0 Å². The second kappa shape index (κ2) is 9.55. The molecule has 0 radical (unpaired) electrons. The minimum atomic E-state index is -0.161. The van der Waals surface area contributed by atoms with E-state index in [1.165, 1.54) is 34.2 Å². The van der Waals surface area contributed by atoms with Crippen molar-refractivity contribution in [1.82, 2.24) is 4.90 Å². The van der Waals surface area contributed by atoms with E-state index in [9.17, 15) is 4.79 Å². The highest BCUT2D eigenvalue weighted by molar-refractivity contribution is 5.79. The van der Waals surface area contributed by atoms with Crippen molar-refractivity contribution in [3.63, 3.8) is 0 Å². The Bertz CT molecular complexity index is 1030. The predicted octanol–water partition coefficient (Wildman–Crippen LogP) is 6.03. The van der Waals surface area contributed by atoms with Gasteiger partial charge in [0.25, 0.3) is 0 Å². The van der Waals surface area contributed by atoms with E-state index in [1.807, 2.05) is 4.90 Å². The summed E-state index contributed by atoms with van der Waals surface area (Å²) in [6.45, 7) is 1.98. The number of fused-ring (bicyclic) bond motifs is 5. The molecule has 34 heavy (non-hydrogen) atoms.